The molecule has 5 nitrogen and oxygen atoms in total. The van der Waals surface area contributed by atoms with E-state index in [1.54, 1.807) is 18.5 Å². The number of anilines is 1. The van der Waals surface area contributed by atoms with Crippen LogP contribution in [0.4, 0.5) is 5.82 Å². The molecule has 0 unspecified atom stereocenters. The van der Waals surface area contributed by atoms with Gasteiger partial charge < -0.3 is 11.1 Å². The normalized spacial score (nSPS) is 12.2. The summed E-state index contributed by atoms with van der Waals surface area (Å²) in [6.45, 7) is 3.70. The van der Waals surface area contributed by atoms with E-state index >= 15 is 0 Å². The van der Waals surface area contributed by atoms with E-state index < -0.39 is 6.04 Å². The maximum Gasteiger partial charge on any atom is 0.242 e. The van der Waals surface area contributed by atoms with Crippen molar-refractivity contribution in [1.29, 1.82) is 0 Å². The van der Waals surface area contributed by atoms with Crippen LogP contribution in [0.2, 0.25) is 0 Å². The van der Waals surface area contributed by atoms with Crippen molar-refractivity contribution in [3.05, 3.63) is 29.4 Å². The van der Waals surface area contributed by atoms with Gasteiger partial charge in [0.05, 0.1) is 6.04 Å². The Labute approximate surface area is 115 Å². The topological polar surface area (TPSA) is 80.9 Å². The Bertz CT molecular complexity index is 562. The first-order valence-corrected chi connectivity index (χ1v) is 6.95. The summed E-state index contributed by atoms with van der Waals surface area (Å²) < 4.78 is 0. The van der Waals surface area contributed by atoms with E-state index in [0.717, 1.165) is 22.7 Å². The van der Waals surface area contributed by atoms with E-state index in [1.807, 2.05) is 12.1 Å². The minimum Gasteiger partial charge on any atom is -0.320 e. The van der Waals surface area contributed by atoms with Gasteiger partial charge >= 0.3 is 0 Å². The number of nitrogens with zero attached hydrogens (tertiary/aromatic N) is 2. The number of hydrogen-bond acceptors (Lipinski definition) is 5. The van der Waals surface area contributed by atoms with Crippen LogP contribution in [0.1, 0.15) is 19.5 Å². The minimum atomic E-state index is -0.546. The van der Waals surface area contributed by atoms with Crippen LogP contribution < -0.4 is 11.1 Å². The van der Waals surface area contributed by atoms with Gasteiger partial charge in [0.15, 0.2) is 0 Å². The highest BCUT2D eigenvalue weighted by Gasteiger charge is 2.11. The zero-order chi connectivity index (χ0) is 13.8. The number of carbonyl (C=O) groups excluding carboxylic acids is 1. The van der Waals surface area contributed by atoms with Crippen LogP contribution in [0.15, 0.2) is 23.7 Å². The van der Waals surface area contributed by atoms with Crippen LogP contribution in [0.3, 0.4) is 0 Å². The molecule has 0 radical (unpaired) electrons. The third-order valence-corrected chi connectivity index (χ3v) is 3.49. The number of amides is 1. The number of nitrogens with one attached hydrogen (secondary N) is 1. The number of nitrogens with two attached hydrogens (primary N) is 1. The summed E-state index contributed by atoms with van der Waals surface area (Å²) in [5.74, 6) is 0.290. The number of thiazole rings is 1. The lowest BCUT2D eigenvalue weighted by atomic mass is 10.2. The van der Waals surface area contributed by atoms with Crippen molar-refractivity contribution in [3.63, 3.8) is 0 Å². The third kappa shape index (κ3) is 3.36. The minimum absolute atomic E-state index is 0.240. The Morgan fingerprint density at radius 1 is 1.53 bits per heavy atom. The Kier molecular flexibility index (Phi) is 4.24. The van der Waals surface area contributed by atoms with Gasteiger partial charge in [-0.1, -0.05) is 6.92 Å². The number of hydrogen-bond donors (Lipinski definition) is 2. The maximum atomic E-state index is 11.5. The molecule has 0 bridgehead atoms. The molecule has 0 saturated carbocycles. The first-order valence-electron chi connectivity index (χ1n) is 6.07. The molecule has 0 fully saturated rings. The highest BCUT2D eigenvalue weighted by molar-refractivity contribution is 7.13. The molecule has 0 saturated heterocycles. The van der Waals surface area contributed by atoms with Gasteiger partial charge in [-0.15, -0.1) is 11.3 Å². The van der Waals surface area contributed by atoms with Crippen molar-refractivity contribution in [3.8, 4) is 10.6 Å². The summed E-state index contributed by atoms with van der Waals surface area (Å²) in [4.78, 5) is 20.1. The highest BCUT2D eigenvalue weighted by atomic mass is 32.1. The van der Waals surface area contributed by atoms with Gasteiger partial charge in [-0.3, -0.25) is 9.78 Å². The summed E-state index contributed by atoms with van der Waals surface area (Å²) in [6, 6.07) is 3.43. The Hall–Kier alpha value is -1.79. The molecule has 3 N–H and O–H groups in total. The zero-order valence-electron chi connectivity index (χ0n) is 10.9. The lowest BCUT2D eigenvalue weighted by Gasteiger charge is -2.03. The van der Waals surface area contributed by atoms with E-state index in [0.29, 0.717) is 5.82 Å². The maximum absolute atomic E-state index is 11.5. The lowest BCUT2D eigenvalue weighted by Crippen LogP contribution is -2.32. The van der Waals surface area contributed by atoms with E-state index in [9.17, 15) is 4.79 Å². The van der Waals surface area contributed by atoms with E-state index in [-0.39, 0.29) is 5.91 Å². The van der Waals surface area contributed by atoms with Gasteiger partial charge in [0, 0.05) is 22.8 Å². The first-order chi connectivity index (χ1) is 9.10. The average Bonchev–Trinajstić information content (AvgIpc) is 2.87. The SMILES string of the molecule is CCc1ccc(-c2nc(NC(=O)[C@H](C)N)cs2)cn1. The molecule has 1 amide bonds. The number of carbonyl (C=O) groups is 1. The molecule has 0 aliphatic rings. The fourth-order valence-electron chi connectivity index (χ4n) is 1.46. The van der Waals surface area contributed by atoms with E-state index in [4.69, 9.17) is 5.73 Å². The van der Waals surface area contributed by atoms with Gasteiger partial charge in [0.2, 0.25) is 5.91 Å². The van der Waals surface area contributed by atoms with Crippen LogP contribution in [0.25, 0.3) is 10.6 Å². The standard InChI is InChI=1S/C13H16N4OS/c1-3-10-5-4-9(6-15-10)13-17-11(7-19-13)16-12(18)8(2)14/h4-8H,3,14H2,1-2H3,(H,16,18)/t8-/m0/s1. The molecule has 100 valence electrons. The Morgan fingerprint density at radius 3 is 2.89 bits per heavy atom. The monoisotopic (exact) mass is 276 g/mol. The van der Waals surface area contributed by atoms with Gasteiger partial charge in [0.25, 0.3) is 0 Å². The summed E-state index contributed by atoms with van der Waals surface area (Å²) in [7, 11) is 0. The van der Waals surface area contributed by atoms with Crippen LogP contribution in [0, 0.1) is 0 Å². The fourth-order valence-corrected chi connectivity index (χ4v) is 2.21. The molecule has 2 heterocycles. The second kappa shape index (κ2) is 5.90. The second-order valence-electron chi connectivity index (χ2n) is 4.21. The number of aromatic nitrogens is 2. The van der Waals surface area contributed by atoms with E-state index in [1.165, 1.54) is 11.3 Å². The summed E-state index contributed by atoms with van der Waals surface area (Å²) in [5.41, 5.74) is 7.48. The second-order valence-corrected chi connectivity index (χ2v) is 5.07. The largest absolute Gasteiger partial charge is 0.320 e. The van der Waals surface area contributed by atoms with Crippen molar-refractivity contribution in [1.82, 2.24) is 9.97 Å². The average molecular weight is 276 g/mol. The smallest absolute Gasteiger partial charge is 0.242 e. The molecule has 6 heteroatoms. The molecule has 2 aromatic heterocycles. The molecular weight excluding hydrogens is 260 g/mol. The first kappa shape index (κ1) is 13.6. The predicted molar refractivity (Wildman–Crippen MR) is 77.0 cm³/mol. The summed E-state index contributed by atoms with van der Waals surface area (Å²) in [6.07, 6.45) is 2.71. The van der Waals surface area contributed by atoms with Gasteiger partial charge in [-0.2, -0.15) is 0 Å². The van der Waals surface area contributed by atoms with E-state index in [2.05, 4.69) is 22.2 Å². The molecule has 2 aromatic rings. The van der Waals surface area contributed by atoms with Gasteiger partial charge in [0.1, 0.15) is 10.8 Å². The van der Waals surface area contributed by atoms with Crippen LogP contribution >= 0.6 is 11.3 Å². The van der Waals surface area contributed by atoms with Gasteiger partial charge in [-0.25, -0.2) is 4.98 Å². The molecule has 19 heavy (non-hydrogen) atoms. The molecule has 0 aliphatic heterocycles. The number of rotatable bonds is 4. The molecule has 2 rings (SSSR count). The quantitative estimate of drug-likeness (QED) is 0.895. The molecule has 0 spiro atoms. The van der Waals surface area contributed by atoms with Crippen LogP contribution in [0.5, 0.6) is 0 Å². The fraction of sp³-hybridized carbons (Fsp3) is 0.308. The highest BCUT2D eigenvalue weighted by Crippen LogP contribution is 2.25. The number of pyridine rings is 1. The van der Waals surface area contributed by atoms with Gasteiger partial charge in [-0.05, 0) is 25.5 Å². The summed E-state index contributed by atoms with van der Waals surface area (Å²) >= 11 is 1.46. The van der Waals surface area contributed by atoms with Crippen molar-refractivity contribution in [2.24, 2.45) is 5.73 Å². The predicted octanol–water partition coefficient (Wildman–Crippen LogP) is 2.05. The summed E-state index contributed by atoms with van der Waals surface area (Å²) in [5, 5.41) is 5.29. The van der Waals surface area contributed by atoms with Crippen LogP contribution in [-0.4, -0.2) is 21.9 Å². The van der Waals surface area contributed by atoms with Crippen molar-refractivity contribution < 1.29 is 4.79 Å². The van der Waals surface area contributed by atoms with Crippen molar-refractivity contribution in [2.75, 3.05) is 5.32 Å². The Morgan fingerprint density at radius 2 is 2.32 bits per heavy atom. The van der Waals surface area contributed by atoms with Crippen molar-refractivity contribution >= 4 is 23.1 Å². The zero-order valence-corrected chi connectivity index (χ0v) is 11.7. The van der Waals surface area contributed by atoms with Crippen LogP contribution in [-0.2, 0) is 11.2 Å². The third-order valence-electron chi connectivity index (χ3n) is 2.60. The number of aryl methyl sites for hydroxylation is 1. The Balaban J connectivity index is 2.13. The molecule has 0 aromatic carbocycles. The lowest BCUT2D eigenvalue weighted by molar-refractivity contribution is -0.117. The van der Waals surface area contributed by atoms with Crippen molar-refractivity contribution in [2.45, 2.75) is 26.3 Å². The molecule has 0 aliphatic carbocycles. The molecule has 1 atom stereocenters. The molecular formula is C13H16N4OS.